The smallest absolute Gasteiger partial charge is 0.220 e. The van der Waals surface area contributed by atoms with Gasteiger partial charge in [0.2, 0.25) is 5.88 Å². The van der Waals surface area contributed by atoms with Gasteiger partial charge in [0.1, 0.15) is 13.9 Å². The van der Waals surface area contributed by atoms with Crippen molar-refractivity contribution in [1.82, 2.24) is 4.98 Å². The van der Waals surface area contributed by atoms with E-state index in [2.05, 4.69) is 58.0 Å². The fraction of sp³-hybridized carbons (Fsp3) is 0.476. The van der Waals surface area contributed by atoms with Crippen LogP contribution in [0.15, 0.2) is 18.2 Å². The summed E-state index contributed by atoms with van der Waals surface area (Å²) >= 11 is 0. The molecular weight excluding hydrogens is 329 g/mol. The molecule has 0 fully saturated rings. The van der Waals surface area contributed by atoms with Crippen LogP contribution in [-0.4, -0.2) is 18.2 Å². The molecule has 134 valence electrons. The Balaban J connectivity index is 2.77. The van der Waals surface area contributed by atoms with Gasteiger partial charge < -0.3 is 5.11 Å². The molecule has 0 saturated heterocycles. The topological polar surface area (TPSA) is 33.1 Å². The number of aromatic nitrogens is 1. The van der Waals surface area contributed by atoms with Crippen LogP contribution in [0.1, 0.15) is 52.8 Å². The lowest BCUT2D eigenvalue weighted by Gasteiger charge is -2.38. The van der Waals surface area contributed by atoms with Gasteiger partial charge in [-0.3, -0.25) is 0 Å². The molecule has 0 saturated carbocycles. The first-order valence-electron chi connectivity index (χ1n) is 8.93. The maximum Gasteiger partial charge on any atom is 0.220 e. The highest BCUT2D eigenvalue weighted by atomic mass is 28.3. The van der Waals surface area contributed by atoms with Gasteiger partial charge in [0.25, 0.3) is 0 Å². The average molecular weight is 358 g/mol. The number of nitrogens with zero attached hydrogens (tertiary/aromatic N) is 1. The van der Waals surface area contributed by atoms with Crippen molar-refractivity contribution in [3.8, 4) is 17.3 Å². The molecule has 0 aliphatic carbocycles. The van der Waals surface area contributed by atoms with Gasteiger partial charge in [-0.05, 0) is 41.1 Å². The first-order valence-corrected chi connectivity index (χ1v) is 11.2. The summed E-state index contributed by atoms with van der Waals surface area (Å²) in [4.78, 5) is 4.09. The van der Waals surface area contributed by atoms with Gasteiger partial charge in [-0.2, -0.15) is 0 Å². The van der Waals surface area contributed by atoms with Gasteiger partial charge in [0.05, 0.1) is 10.9 Å². The van der Waals surface area contributed by atoms with Crippen LogP contribution >= 0.6 is 0 Å². The summed E-state index contributed by atoms with van der Waals surface area (Å²) in [6, 6.07) is 4.94. The first-order chi connectivity index (χ1) is 11.6. The molecule has 0 aliphatic heterocycles. The second-order valence-corrected chi connectivity index (χ2v) is 13.3. The summed E-state index contributed by atoms with van der Waals surface area (Å²) in [5.41, 5.74) is 5.89. The fourth-order valence-electron chi connectivity index (χ4n) is 4.16. The summed E-state index contributed by atoms with van der Waals surface area (Å²) in [7, 11) is -1.98. The number of rotatable bonds is 3. The summed E-state index contributed by atoms with van der Waals surface area (Å²) in [5, 5.41) is 11.5. The minimum Gasteiger partial charge on any atom is -0.493 e. The number of aromatic hydroxyl groups is 1. The van der Waals surface area contributed by atoms with Crippen LogP contribution in [0.3, 0.4) is 0 Å². The third-order valence-corrected chi connectivity index (χ3v) is 11.6. The zero-order valence-corrected chi connectivity index (χ0v) is 17.2. The molecule has 1 aromatic carbocycles. The van der Waals surface area contributed by atoms with E-state index in [9.17, 15) is 9.50 Å². The Morgan fingerprint density at radius 1 is 1.04 bits per heavy atom. The van der Waals surface area contributed by atoms with Crippen molar-refractivity contribution in [3.05, 3.63) is 35.3 Å². The van der Waals surface area contributed by atoms with Crippen molar-refractivity contribution in [3.63, 3.8) is 0 Å². The molecule has 0 radical (unpaired) electrons. The molecule has 2 aromatic rings. The number of pyridine rings is 1. The quantitative estimate of drug-likeness (QED) is 0.543. The molecule has 0 unspecified atom stereocenters. The lowest BCUT2D eigenvalue weighted by atomic mass is 10.1. The molecule has 1 aromatic heterocycles. The number of hydrogen-bond acceptors (Lipinski definition) is 2. The largest absolute Gasteiger partial charge is 0.493 e. The normalized spacial score (nSPS) is 12.1. The van der Waals surface area contributed by atoms with E-state index >= 15 is 0 Å². The Morgan fingerprint density at radius 3 is 2.12 bits per heavy atom. The van der Waals surface area contributed by atoms with Crippen molar-refractivity contribution >= 4 is 18.8 Å². The van der Waals surface area contributed by atoms with Crippen molar-refractivity contribution in [2.45, 2.75) is 65.1 Å². The zero-order chi connectivity index (χ0) is 18.9. The molecule has 25 heavy (non-hydrogen) atoms. The summed E-state index contributed by atoms with van der Waals surface area (Å²) in [6.45, 7) is 15.2. The molecule has 1 N–H and O–H groups in total. The second-order valence-electron chi connectivity index (χ2n) is 7.75. The van der Waals surface area contributed by atoms with Gasteiger partial charge in [-0.1, -0.05) is 53.5 Å². The number of aryl methyl sites for hydroxylation is 1. The molecule has 0 aliphatic rings. The first kappa shape index (κ1) is 19.5. The maximum absolute atomic E-state index is 14.6. The highest BCUT2D eigenvalue weighted by molar-refractivity contribution is 6.90. The SMILES string of the molecule is Cc1cc2ccc(F)c(C#C[Si](C(C)C)(C(C)C)C(C)C)c2c(O)n1. The highest BCUT2D eigenvalue weighted by Crippen LogP contribution is 2.41. The Morgan fingerprint density at radius 2 is 1.60 bits per heavy atom. The number of benzene rings is 1. The molecule has 0 spiro atoms. The van der Waals surface area contributed by atoms with Crippen LogP contribution in [0.25, 0.3) is 10.8 Å². The van der Waals surface area contributed by atoms with Crippen LogP contribution in [0.2, 0.25) is 16.6 Å². The molecular formula is C21H28FNOSi. The van der Waals surface area contributed by atoms with Crippen molar-refractivity contribution in [2.75, 3.05) is 0 Å². The molecule has 1 heterocycles. The predicted octanol–water partition coefficient (Wildman–Crippen LogP) is 5.96. The molecule has 0 amide bonds. The van der Waals surface area contributed by atoms with Crippen molar-refractivity contribution < 1.29 is 9.50 Å². The summed E-state index contributed by atoms with van der Waals surface area (Å²) in [6.07, 6.45) is 0. The van der Waals surface area contributed by atoms with Crippen LogP contribution in [-0.2, 0) is 0 Å². The van der Waals surface area contributed by atoms with E-state index < -0.39 is 13.9 Å². The van der Waals surface area contributed by atoms with E-state index in [0.29, 0.717) is 27.7 Å². The van der Waals surface area contributed by atoms with E-state index in [-0.39, 0.29) is 11.4 Å². The zero-order valence-electron chi connectivity index (χ0n) is 16.2. The number of halogens is 1. The predicted molar refractivity (Wildman–Crippen MR) is 106 cm³/mol. The Kier molecular flexibility index (Phi) is 5.58. The van der Waals surface area contributed by atoms with Crippen LogP contribution in [0.5, 0.6) is 5.88 Å². The van der Waals surface area contributed by atoms with Crippen LogP contribution in [0.4, 0.5) is 4.39 Å². The van der Waals surface area contributed by atoms with Crippen LogP contribution < -0.4 is 0 Å². The van der Waals surface area contributed by atoms with E-state index in [1.54, 1.807) is 6.07 Å². The van der Waals surface area contributed by atoms with E-state index in [1.165, 1.54) is 6.07 Å². The lowest BCUT2D eigenvalue weighted by Crippen LogP contribution is -2.43. The summed E-state index contributed by atoms with van der Waals surface area (Å²) < 4.78 is 14.6. The number of fused-ring (bicyclic) bond motifs is 1. The molecule has 2 nitrogen and oxygen atoms in total. The highest BCUT2D eigenvalue weighted by Gasteiger charge is 2.41. The molecule has 4 heteroatoms. The van der Waals surface area contributed by atoms with Crippen molar-refractivity contribution in [2.24, 2.45) is 0 Å². The van der Waals surface area contributed by atoms with Crippen molar-refractivity contribution in [1.29, 1.82) is 0 Å². The third-order valence-electron chi connectivity index (χ3n) is 5.33. The molecule has 2 rings (SSSR count). The van der Waals surface area contributed by atoms with E-state index in [0.717, 1.165) is 5.39 Å². The Labute approximate surface area is 151 Å². The average Bonchev–Trinajstić information content (AvgIpc) is 2.48. The molecule has 0 bridgehead atoms. The fourth-order valence-corrected chi connectivity index (χ4v) is 9.37. The van der Waals surface area contributed by atoms with Gasteiger partial charge in [-0.25, -0.2) is 9.37 Å². The minimum atomic E-state index is -1.98. The maximum atomic E-state index is 14.6. The lowest BCUT2D eigenvalue weighted by molar-refractivity contribution is 0.458. The summed E-state index contributed by atoms with van der Waals surface area (Å²) in [5.74, 6) is 2.59. The van der Waals surface area contributed by atoms with E-state index in [1.807, 2.05) is 13.0 Å². The molecule has 0 atom stereocenters. The Hall–Kier alpha value is -1.86. The second kappa shape index (κ2) is 7.17. The van der Waals surface area contributed by atoms with Crippen LogP contribution in [0, 0.1) is 24.2 Å². The van der Waals surface area contributed by atoms with Gasteiger partial charge in [0.15, 0.2) is 0 Å². The monoisotopic (exact) mass is 357 g/mol. The third kappa shape index (κ3) is 3.43. The van der Waals surface area contributed by atoms with Gasteiger partial charge >= 0.3 is 0 Å². The van der Waals surface area contributed by atoms with Gasteiger partial charge in [-0.15, -0.1) is 5.54 Å². The number of hydrogen-bond donors (Lipinski definition) is 1. The van der Waals surface area contributed by atoms with E-state index in [4.69, 9.17) is 0 Å². The van der Waals surface area contributed by atoms with Gasteiger partial charge in [0, 0.05) is 5.69 Å². The standard InChI is InChI=1S/C21H28FNOSi/c1-13(2)25(14(3)4,15(5)6)11-10-18-19(22)9-8-17-12-16(7)23-21(24)20(17)18/h8-9,12-15H,1-7H3,(H,23,24). The minimum absolute atomic E-state index is 0.148. The Bertz CT molecular complexity index is 825.